The number of aromatic nitrogens is 2. The number of hydrogen-bond donors (Lipinski definition) is 0. The van der Waals surface area contributed by atoms with Crippen LogP contribution in [0.4, 0.5) is 5.69 Å². The van der Waals surface area contributed by atoms with Crippen molar-refractivity contribution in [3.63, 3.8) is 0 Å². The van der Waals surface area contributed by atoms with E-state index in [1.807, 2.05) is 60.7 Å². The molecule has 0 radical (unpaired) electrons. The number of imidazole rings is 1. The molecule has 37 heavy (non-hydrogen) atoms. The quantitative estimate of drug-likeness (QED) is 0.370. The summed E-state index contributed by atoms with van der Waals surface area (Å²) in [5, 5.41) is -0.0358. The van der Waals surface area contributed by atoms with E-state index in [4.69, 9.17) is 4.74 Å². The first kappa shape index (κ1) is 24.7. The molecule has 5 rings (SSSR count). The maximum absolute atomic E-state index is 13.5. The molecule has 2 heterocycles. The van der Waals surface area contributed by atoms with Gasteiger partial charge >= 0.3 is 0 Å². The van der Waals surface area contributed by atoms with Crippen molar-refractivity contribution in [3.05, 3.63) is 114 Å². The summed E-state index contributed by atoms with van der Waals surface area (Å²) in [5.74, 6) is -0.113. The Morgan fingerprint density at radius 2 is 1.68 bits per heavy atom. The fraction of sp³-hybridized carbons (Fsp3) is 0.214. The van der Waals surface area contributed by atoms with Crippen LogP contribution in [0.5, 0.6) is 0 Å². The first-order valence-electron chi connectivity index (χ1n) is 12.0. The second-order valence-corrected chi connectivity index (χ2v) is 10.8. The highest BCUT2D eigenvalue weighted by atomic mass is 32.2. The molecule has 1 atom stereocenters. The predicted octanol–water partition coefficient (Wildman–Crippen LogP) is 4.03. The largest absolute Gasteiger partial charge is 0.370 e. The molecule has 4 aromatic rings. The molecule has 190 valence electrons. The summed E-state index contributed by atoms with van der Waals surface area (Å²) in [6.45, 7) is 1.54. The Hall–Kier alpha value is -3.95. The summed E-state index contributed by atoms with van der Waals surface area (Å²) in [6.07, 6.45) is 2.76. The third-order valence-corrected chi connectivity index (χ3v) is 7.99. The lowest BCUT2D eigenvalue weighted by Gasteiger charge is -2.33. The van der Waals surface area contributed by atoms with E-state index >= 15 is 0 Å². The van der Waals surface area contributed by atoms with Gasteiger partial charge in [-0.1, -0.05) is 60.7 Å². The normalized spacial score (nSPS) is 15.9. The number of rotatable bonds is 7. The Morgan fingerprint density at radius 1 is 1.00 bits per heavy atom. The third kappa shape index (κ3) is 5.42. The van der Waals surface area contributed by atoms with E-state index in [9.17, 15) is 13.2 Å². The minimum absolute atomic E-state index is 0.0358. The number of benzene rings is 3. The van der Waals surface area contributed by atoms with Gasteiger partial charge in [-0.05, 0) is 35.4 Å². The molecule has 9 heteroatoms. The zero-order valence-electron chi connectivity index (χ0n) is 20.5. The summed E-state index contributed by atoms with van der Waals surface area (Å²) >= 11 is 0. The lowest BCUT2D eigenvalue weighted by molar-refractivity contribution is -0.0228. The molecule has 0 bridgehead atoms. The van der Waals surface area contributed by atoms with Crippen molar-refractivity contribution in [2.24, 2.45) is 7.05 Å². The number of carbonyl (C=O) groups is 1. The number of sulfonamides is 1. The van der Waals surface area contributed by atoms with Crippen LogP contribution in [0.3, 0.4) is 0 Å². The number of nitrogens with zero attached hydrogens (tertiary/aromatic N) is 4. The molecule has 1 saturated heterocycles. The molecule has 1 aliphatic heterocycles. The lowest BCUT2D eigenvalue weighted by atomic mass is 10.1. The van der Waals surface area contributed by atoms with Gasteiger partial charge < -0.3 is 14.2 Å². The summed E-state index contributed by atoms with van der Waals surface area (Å²) in [6, 6.07) is 25.9. The van der Waals surface area contributed by atoms with Gasteiger partial charge in [-0.3, -0.25) is 9.10 Å². The molecule has 0 spiro atoms. The van der Waals surface area contributed by atoms with Crippen LogP contribution in [0, 0.1) is 0 Å². The van der Waals surface area contributed by atoms with E-state index in [-0.39, 0.29) is 23.6 Å². The number of morpholine rings is 1. The highest BCUT2D eigenvalue weighted by molar-refractivity contribution is 7.92. The Bertz CT molecular complexity index is 1460. The number of anilines is 1. The Morgan fingerprint density at radius 3 is 2.32 bits per heavy atom. The number of amides is 1. The highest BCUT2D eigenvalue weighted by Crippen LogP contribution is 2.27. The number of hydrogen-bond acceptors (Lipinski definition) is 5. The zero-order chi connectivity index (χ0) is 25.8. The van der Waals surface area contributed by atoms with Gasteiger partial charge in [0.25, 0.3) is 15.9 Å². The molecule has 0 saturated carbocycles. The number of carbonyl (C=O) groups excluding carboxylic acids is 1. The van der Waals surface area contributed by atoms with Gasteiger partial charge in [0.2, 0.25) is 0 Å². The van der Waals surface area contributed by atoms with E-state index in [2.05, 4.69) is 4.98 Å². The van der Waals surface area contributed by atoms with Crippen LogP contribution in [-0.2, 0) is 28.4 Å². The summed E-state index contributed by atoms with van der Waals surface area (Å²) in [7, 11) is -2.21. The van der Waals surface area contributed by atoms with Crippen molar-refractivity contribution in [1.82, 2.24) is 14.5 Å². The SMILES string of the molecule is Cn1cnc(S(=O)(=O)N(Cc2ccccc2)c2ccc(C(=O)N3CCOC(c4ccccc4)C3)cc2)c1. The van der Waals surface area contributed by atoms with Gasteiger partial charge in [-0.2, -0.15) is 8.42 Å². The van der Waals surface area contributed by atoms with Crippen molar-refractivity contribution in [2.75, 3.05) is 24.0 Å². The van der Waals surface area contributed by atoms with Crippen molar-refractivity contribution < 1.29 is 17.9 Å². The van der Waals surface area contributed by atoms with Crippen molar-refractivity contribution in [2.45, 2.75) is 17.7 Å². The van der Waals surface area contributed by atoms with Gasteiger partial charge in [-0.25, -0.2) is 4.98 Å². The van der Waals surface area contributed by atoms with Crippen LogP contribution >= 0.6 is 0 Å². The van der Waals surface area contributed by atoms with Crippen molar-refractivity contribution in [1.29, 1.82) is 0 Å². The molecule has 0 N–H and O–H groups in total. The minimum atomic E-state index is -3.93. The molecular weight excluding hydrogens is 488 g/mol. The summed E-state index contributed by atoms with van der Waals surface area (Å²) in [4.78, 5) is 19.2. The molecule has 1 unspecified atom stereocenters. The summed E-state index contributed by atoms with van der Waals surface area (Å²) < 4.78 is 35.9. The topological polar surface area (TPSA) is 84.7 Å². The molecule has 1 aromatic heterocycles. The third-order valence-electron chi connectivity index (χ3n) is 6.33. The minimum Gasteiger partial charge on any atom is -0.370 e. The predicted molar refractivity (Wildman–Crippen MR) is 140 cm³/mol. The second-order valence-electron chi connectivity index (χ2n) is 8.94. The van der Waals surface area contributed by atoms with E-state index in [1.165, 1.54) is 16.8 Å². The first-order chi connectivity index (χ1) is 17.9. The maximum atomic E-state index is 13.5. The average Bonchev–Trinajstić information content (AvgIpc) is 3.40. The Labute approximate surface area is 216 Å². The van der Waals surface area contributed by atoms with E-state index < -0.39 is 10.0 Å². The molecule has 0 aliphatic carbocycles. The van der Waals surface area contributed by atoms with Crippen LogP contribution in [0.1, 0.15) is 27.6 Å². The monoisotopic (exact) mass is 516 g/mol. The molecule has 1 fully saturated rings. The molecule has 8 nitrogen and oxygen atoms in total. The zero-order valence-corrected chi connectivity index (χ0v) is 21.3. The maximum Gasteiger partial charge on any atom is 0.283 e. The number of ether oxygens (including phenoxy) is 1. The van der Waals surface area contributed by atoms with E-state index in [0.29, 0.717) is 30.9 Å². The van der Waals surface area contributed by atoms with Crippen molar-refractivity contribution >= 4 is 21.6 Å². The molecule has 3 aromatic carbocycles. The Balaban J connectivity index is 1.39. The fourth-order valence-corrected chi connectivity index (χ4v) is 5.78. The number of aryl methyl sites for hydroxylation is 1. The van der Waals surface area contributed by atoms with Gasteiger partial charge in [0.15, 0.2) is 5.03 Å². The first-order valence-corrected chi connectivity index (χ1v) is 13.5. The van der Waals surface area contributed by atoms with Crippen LogP contribution < -0.4 is 4.31 Å². The van der Waals surface area contributed by atoms with E-state index in [1.54, 1.807) is 40.8 Å². The van der Waals surface area contributed by atoms with E-state index in [0.717, 1.165) is 11.1 Å². The van der Waals surface area contributed by atoms with Gasteiger partial charge in [0, 0.05) is 25.4 Å². The van der Waals surface area contributed by atoms with Gasteiger partial charge in [-0.15, -0.1) is 0 Å². The molecule has 1 aliphatic rings. The van der Waals surface area contributed by atoms with Gasteiger partial charge in [0.1, 0.15) is 6.10 Å². The second kappa shape index (κ2) is 10.6. The van der Waals surface area contributed by atoms with Crippen molar-refractivity contribution in [3.8, 4) is 0 Å². The van der Waals surface area contributed by atoms with Crippen LogP contribution in [0.15, 0.2) is 102 Å². The molecular formula is C28H28N4O4S. The summed E-state index contributed by atoms with van der Waals surface area (Å²) in [5.41, 5.74) is 2.82. The molecule has 1 amide bonds. The van der Waals surface area contributed by atoms with Gasteiger partial charge in [0.05, 0.1) is 31.7 Å². The smallest absolute Gasteiger partial charge is 0.283 e. The average molecular weight is 517 g/mol. The lowest BCUT2D eigenvalue weighted by Crippen LogP contribution is -2.42. The fourth-order valence-electron chi connectivity index (χ4n) is 4.36. The highest BCUT2D eigenvalue weighted by Gasteiger charge is 2.29. The standard InChI is InChI=1S/C28H28N4O4S/c1-30-20-27(29-21-30)37(34,35)32(18-22-8-4-2-5-9-22)25-14-12-24(13-15-25)28(33)31-16-17-36-26(19-31)23-10-6-3-7-11-23/h2-15,20-21,26H,16-19H2,1H3. The van der Waals surface area contributed by atoms with Crippen LogP contribution in [0.2, 0.25) is 0 Å². The Kier molecular flexibility index (Phi) is 7.07. The van der Waals surface area contributed by atoms with Crippen LogP contribution in [-0.4, -0.2) is 48.5 Å². The van der Waals surface area contributed by atoms with Crippen LogP contribution in [0.25, 0.3) is 0 Å².